The molecule has 0 bridgehead atoms. The summed E-state index contributed by atoms with van der Waals surface area (Å²) >= 11 is 0. The second-order valence-corrected chi connectivity index (χ2v) is 8.96. The van der Waals surface area contributed by atoms with Crippen LogP contribution < -0.4 is 5.32 Å². The van der Waals surface area contributed by atoms with E-state index in [1.165, 1.54) is 7.11 Å². The molecule has 2 aromatic rings. The summed E-state index contributed by atoms with van der Waals surface area (Å²) in [4.78, 5) is 29.2. The first-order valence-electron chi connectivity index (χ1n) is 9.19. The Balaban J connectivity index is 2.32. The van der Waals surface area contributed by atoms with Crippen LogP contribution in [0.3, 0.4) is 0 Å². The number of methoxy groups -OCH3 is 1. The lowest BCUT2D eigenvalue weighted by molar-refractivity contribution is -0.147. The normalized spacial score (nSPS) is 12.9. The molecule has 0 radical (unpaired) electrons. The van der Waals surface area contributed by atoms with E-state index in [-0.39, 0.29) is 24.0 Å². The van der Waals surface area contributed by atoms with Gasteiger partial charge < -0.3 is 14.6 Å². The van der Waals surface area contributed by atoms with Gasteiger partial charge in [0.25, 0.3) is 0 Å². The number of esters is 1. The van der Waals surface area contributed by atoms with Crippen molar-refractivity contribution in [1.29, 1.82) is 0 Å². The topological polar surface area (TPSA) is 107 Å². The first kappa shape index (κ1) is 21.9. The fourth-order valence-electron chi connectivity index (χ4n) is 3.27. The third-order valence-corrected chi connectivity index (χ3v) is 5.50. The molecule has 0 aliphatic heterocycles. The molecule has 1 unspecified atom stereocenters. The fraction of sp³-hybridized carbons (Fsp3) is 0.526. The summed E-state index contributed by atoms with van der Waals surface area (Å²) < 4.78 is 30.0. The van der Waals surface area contributed by atoms with Gasteiger partial charge in [0.05, 0.1) is 18.1 Å². The predicted octanol–water partition coefficient (Wildman–Crippen LogP) is 1.67. The van der Waals surface area contributed by atoms with Gasteiger partial charge in [-0.2, -0.15) is 0 Å². The largest absolute Gasteiger partial charge is 0.467 e. The molecule has 0 aliphatic rings. The highest BCUT2D eigenvalue weighted by Crippen LogP contribution is 2.18. The minimum absolute atomic E-state index is 0.0496. The average Bonchev–Trinajstić information content (AvgIpc) is 2.96. The van der Waals surface area contributed by atoms with E-state index in [1.807, 2.05) is 13.8 Å². The summed E-state index contributed by atoms with van der Waals surface area (Å²) in [7, 11) is -2.04. The maximum absolute atomic E-state index is 12.7. The Hall–Kier alpha value is -2.42. The maximum atomic E-state index is 12.7. The smallest absolute Gasteiger partial charge is 0.328 e. The van der Waals surface area contributed by atoms with Gasteiger partial charge in [-0.3, -0.25) is 4.79 Å². The number of benzene rings is 1. The quantitative estimate of drug-likeness (QED) is 0.632. The molecule has 0 spiro atoms. The van der Waals surface area contributed by atoms with Gasteiger partial charge in [-0.1, -0.05) is 38.8 Å². The Morgan fingerprint density at radius 1 is 1.21 bits per heavy atom. The van der Waals surface area contributed by atoms with Crippen LogP contribution in [0, 0.1) is 5.92 Å². The molecule has 1 aromatic carbocycles. The molecule has 1 aromatic heterocycles. The zero-order chi connectivity index (χ0) is 20.9. The van der Waals surface area contributed by atoms with Crippen molar-refractivity contribution in [2.24, 2.45) is 5.92 Å². The molecule has 1 heterocycles. The highest BCUT2D eigenvalue weighted by Gasteiger charge is 2.29. The third-order valence-electron chi connectivity index (χ3n) is 4.72. The van der Waals surface area contributed by atoms with E-state index in [0.717, 1.165) is 6.26 Å². The highest BCUT2D eigenvalue weighted by molar-refractivity contribution is 7.89. The molecule has 0 saturated heterocycles. The summed E-state index contributed by atoms with van der Waals surface area (Å²) in [6.45, 7) is 3.76. The second kappa shape index (κ2) is 9.18. The lowest BCUT2D eigenvalue weighted by atomic mass is 9.94. The molecule has 1 N–H and O–H groups in total. The van der Waals surface area contributed by atoms with Crippen LogP contribution >= 0.6 is 0 Å². The minimum atomic E-state index is -3.33. The Labute approximate surface area is 165 Å². The number of ether oxygens (including phenoxy) is 1. The molecule has 154 valence electrons. The highest BCUT2D eigenvalue weighted by atomic mass is 32.2. The number of para-hydroxylation sites is 2. The molecule has 0 aliphatic carbocycles. The van der Waals surface area contributed by atoms with Crippen molar-refractivity contribution in [3.63, 3.8) is 0 Å². The zero-order valence-corrected chi connectivity index (χ0v) is 17.5. The molecular weight excluding hydrogens is 382 g/mol. The summed E-state index contributed by atoms with van der Waals surface area (Å²) in [6.07, 6.45) is 2.55. The van der Waals surface area contributed by atoms with Crippen LogP contribution in [0.25, 0.3) is 11.0 Å². The number of carbonyl (C=O) groups excluding carboxylic acids is 2. The van der Waals surface area contributed by atoms with Gasteiger partial charge in [0.15, 0.2) is 9.84 Å². The van der Waals surface area contributed by atoms with Crippen LogP contribution in [0.5, 0.6) is 0 Å². The molecule has 8 nitrogen and oxygen atoms in total. The van der Waals surface area contributed by atoms with Crippen molar-refractivity contribution < 1.29 is 22.7 Å². The predicted molar refractivity (Wildman–Crippen MR) is 106 cm³/mol. The van der Waals surface area contributed by atoms with Gasteiger partial charge in [-0.15, -0.1) is 0 Å². The van der Waals surface area contributed by atoms with Crippen LogP contribution in [0.2, 0.25) is 0 Å². The van der Waals surface area contributed by atoms with Crippen molar-refractivity contribution in [2.45, 2.75) is 45.0 Å². The Morgan fingerprint density at radius 2 is 1.86 bits per heavy atom. The number of sulfone groups is 1. The van der Waals surface area contributed by atoms with Crippen molar-refractivity contribution in [2.75, 3.05) is 13.4 Å². The molecular formula is C19H27N3O5S. The van der Waals surface area contributed by atoms with Crippen molar-refractivity contribution in [3.8, 4) is 0 Å². The standard InChI is InChI=1S/C19H27N3O5S/c1-5-13(6-2)18(19(24)27-3)21-17(23)11-22-15-10-8-7-9-14(15)20-16(22)12-28(4,25)26/h7-10,13,18H,5-6,11-12H2,1-4H3,(H,21,23). The molecule has 0 saturated carbocycles. The molecule has 1 amide bonds. The number of carbonyl (C=O) groups is 2. The van der Waals surface area contributed by atoms with E-state index in [9.17, 15) is 18.0 Å². The van der Waals surface area contributed by atoms with Gasteiger partial charge in [0.2, 0.25) is 5.91 Å². The first-order valence-corrected chi connectivity index (χ1v) is 11.2. The molecule has 28 heavy (non-hydrogen) atoms. The Bertz CT molecular complexity index is 948. The fourth-order valence-corrected chi connectivity index (χ4v) is 3.95. The van der Waals surface area contributed by atoms with Crippen LogP contribution in [0.15, 0.2) is 24.3 Å². The lowest BCUT2D eigenvalue weighted by Crippen LogP contribution is -2.47. The second-order valence-electron chi connectivity index (χ2n) is 6.82. The first-order chi connectivity index (χ1) is 13.2. The van der Waals surface area contributed by atoms with Gasteiger partial charge in [-0.25, -0.2) is 18.2 Å². The number of amides is 1. The summed E-state index contributed by atoms with van der Waals surface area (Å²) in [5.74, 6) is -0.932. The summed E-state index contributed by atoms with van der Waals surface area (Å²) in [5, 5.41) is 2.75. The number of imidazole rings is 1. The number of fused-ring (bicyclic) bond motifs is 1. The zero-order valence-electron chi connectivity index (χ0n) is 16.6. The van der Waals surface area contributed by atoms with Crippen LogP contribution in [-0.2, 0) is 36.5 Å². The molecule has 2 rings (SSSR count). The molecule has 1 atom stereocenters. The number of hydrogen-bond acceptors (Lipinski definition) is 6. The van der Waals surface area contributed by atoms with Gasteiger partial charge in [-0.05, 0) is 18.1 Å². The Morgan fingerprint density at radius 3 is 2.43 bits per heavy atom. The van der Waals surface area contributed by atoms with Gasteiger partial charge in [0, 0.05) is 6.26 Å². The minimum Gasteiger partial charge on any atom is -0.467 e. The van der Waals surface area contributed by atoms with Gasteiger partial charge >= 0.3 is 5.97 Å². The molecule has 0 fully saturated rings. The number of hydrogen-bond donors (Lipinski definition) is 1. The van der Waals surface area contributed by atoms with E-state index in [2.05, 4.69) is 10.3 Å². The summed E-state index contributed by atoms with van der Waals surface area (Å²) in [5.41, 5.74) is 1.27. The lowest BCUT2D eigenvalue weighted by Gasteiger charge is -2.24. The van der Waals surface area contributed by atoms with Crippen molar-refractivity contribution in [3.05, 3.63) is 30.1 Å². The number of aromatic nitrogens is 2. The molecule has 9 heteroatoms. The third kappa shape index (κ3) is 5.31. The van der Waals surface area contributed by atoms with E-state index < -0.39 is 27.8 Å². The van der Waals surface area contributed by atoms with E-state index >= 15 is 0 Å². The number of nitrogens with one attached hydrogen (secondary N) is 1. The van der Waals surface area contributed by atoms with Crippen molar-refractivity contribution >= 4 is 32.7 Å². The van der Waals surface area contributed by atoms with E-state index in [1.54, 1.807) is 28.8 Å². The number of rotatable bonds is 9. The maximum Gasteiger partial charge on any atom is 0.328 e. The number of nitrogens with zero attached hydrogens (tertiary/aromatic N) is 2. The SMILES string of the molecule is CCC(CC)C(NC(=O)Cn1c(CS(C)(=O)=O)nc2ccccc21)C(=O)OC. The summed E-state index contributed by atoms with van der Waals surface area (Å²) in [6, 6.07) is 6.38. The van der Waals surface area contributed by atoms with E-state index in [4.69, 9.17) is 4.74 Å². The van der Waals surface area contributed by atoms with Crippen LogP contribution in [-0.4, -0.2) is 49.3 Å². The Kier molecular flexibility index (Phi) is 7.17. The van der Waals surface area contributed by atoms with E-state index in [0.29, 0.717) is 23.9 Å². The van der Waals surface area contributed by atoms with Crippen LogP contribution in [0.4, 0.5) is 0 Å². The monoisotopic (exact) mass is 409 g/mol. The average molecular weight is 410 g/mol. The van der Waals surface area contributed by atoms with Crippen LogP contribution in [0.1, 0.15) is 32.5 Å². The van der Waals surface area contributed by atoms with Crippen molar-refractivity contribution in [1.82, 2.24) is 14.9 Å². The van der Waals surface area contributed by atoms with Gasteiger partial charge in [0.1, 0.15) is 24.2 Å².